The number of ether oxygens (including phenoxy) is 1. The minimum absolute atomic E-state index is 0.00527. The van der Waals surface area contributed by atoms with E-state index in [-0.39, 0.29) is 17.9 Å². The van der Waals surface area contributed by atoms with Crippen LogP contribution in [-0.4, -0.2) is 42.6 Å². The van der Waals surface area contributed by atoms with Crippen molar-refractivity contribution in [1.82, 2.24) is 10.2 Å². The van der Waals surface area contributed by atoms with Crippen LogP contribution in [0.3, 0.4) is 0 Å². The summed E-state index contributed by atoms with van der Waals surface area (Å²) in [4.78, 5) is 14.5. The maximum Gasteiger partial charge on any atom is 0.260 e. The molecule has 1 N–H and O–H groups in total. The second-order valence-corrected chi connectivity index (χ2v) is 7.80. The first-order chi connectivity index (χ1) is 10.9. The van der Waals surface area contributed by atoms with Gasteiger partial charge >= 0.3 is 0 Å². The van der Waals surface area contributed by atoms with Crippen LogP contribution in [0.5, 0.6) is 5.75 Å². The van der Waals surface area contributed by atoms with Crippen molar-refractivity contribution in [3.63, 3.8) is 0 Å². The highest BCUT2D eigenvalue weighted by molar-refractivity contribution is 5.78. The Bertz CT molecular complexity index is 565. The largest absolute Gasteiger partial charge is 0.483 e. The van der Waals surface area contributed by atoms with Crippen LogP contribution in [0, 0.1) is 0 Å². The van der Waals surface area contributed by atoms with E-state index in [1.54, 1.807) is 0 Å². The van der Waals surface area contributed by atoms with Gasteiger partial charge in [0.05, 0.1) is 0 Å². The molecule has 0 aliphatic carbocycles. The third-order valence-corrected chi connectivity index (χ3v) is 4.92. The summed E-state index contributed by atoms with van der Waals surface area (Å²) in [6.07, 6.45) is 3.49. The van der Waals surface area contributed by atoms with Gasteiger partial charge in [-0.3, -0.25) is 4.79 Å². The second-order valence-electron chi connectivity index (χ2n) is 7.80. The van der Waals surface area contributed by atoms with E-state index in [4.69, 9.17) is 4.74 Å². The van der Waals surface area contributed by atoms with Crippen LogP contribution in [0.2, 0.25) is 0 Å². The smallest absolute Gasteiger partial charge is 0.260 e. The van der Waals surface area contributed by atoms with Gasteiger partial charge < -0.3 is 15.0 Å². The van der Waals surface area contributed by atoms with Gasteiger partial charge in [0.25, 0.3) is 5.91 Å². The summed E-state index contributed by atoms with van der Waals surface area (Å²) in [5, 5.41) is 3.61. The number of nitrogens with one attached hydrogen (secondary N) is 1. The highest BCUT2D eigenvalue weighted by Gasteiger charge is 2.31. The van der Waals surface area contributed by atoms with E-state index in [0.29, 0.717) is 12.1 Å². The summed E-state index contributed by atoms with van der Waals surface area (Å²) in [7, 11) is 0. The van der Waals surface area contributed by atoms with Crippen molar-refractivity contribution >= 4 is 5.91 Å². The van der Waals surface area contributed by atoms with Gasteiger partial charge in [-0.1, -0.05) is 39.0 Å². The molecule has 2 atom stereocenters. The third kappa shape index (κ3) is 3.86. The molecule has 0 spiro atoms. The predicted octanol–water partition coefficient (Wildman–Crippen LogP) is 2.72. The Morgan fingerprint density at radius 2 is 1.96 bits per heavy atom. The summed E-state index contributed by atoms with van der Waals surface area (Å²) >= 11 is 0. The number of para-hydroxylation sites is 1. The lowest BCUT2D eigenvalue weighted by Gasteiger charge is -2.26. The molecule has 23 heavy (non-hydrogen) atoms. The molecule has 0 saturated carbocycles. The molecule has 2 fully saturated rings. The Hall–Kier alpha value is -1.55. The van der Waals surface area contributed by atoms with Crippen molar-refractivity contribution in [2.75, 3.05) is 19.7 Å². The number of carbonyl (C=O) groups excluding carboxylic acids is 1. The Morgan fingerprint density at radius 1 is 1.22 bits per heavy atom. The fourth-order valence-electron chi connectivity index (χ4n) is 3.61. The fourth-order valence-corrected chi connectivity index (χ4v) is 3.61. The van der Waals surface area contributed by atoms with E-state index in [0.717, 1.165) is 30.8 Å². The predicted molar refractivity (Wildman–Crippen MR) is 91.8 cm³/mol. The molecule has 2 unspecified atom stereocenters. The van der Waals surface area contributed by atoms with Crippen molar-refractivity contribution in [3.05, 3.63) is 29.8 Å². The molecule has 1 amide bonds. The van der Waals surface area contributed by atoms with Crippen molar-refractivity contribution < 1.29 is 9.53 Å². The highest BCUT2D eigenvalue weighted by atomic mass is 16.5. The Balaban J connectivity index is 1.61. The van der Waals surface area contributed by atoms with Crippen LogP contribution in [0.1, 0.15) is 45.6 Å². The van der Waals surface area contributed by atoms with E-state index < -0.39 is 0 Å². The number of rotatable bonds is 3. The number of carbonyl (C=O) groups is 1. The Kier molecular flexibility index (Phi) is 4.62. The fraction of sp³-hybridized carbons (Fsp3) is 0.632. The number of likely N-dealkylation sites (tertiary alicyclic amines) is 1. The van der Waals surface area contributed by atoms with Gasteiger partial charge in [0.15, 0.2) is 6.61 Å². The number of hydrogen-bond donors (Lipinski definition) is 1. The number of amides is 1. The van der Waals surface area contributed by atoms with Gasteiger partial charge in [-0.2, -0.15) is 0 Å². The molecule has 2 bridgehead atoms. The molecule has 0 radical (unpaired) electrons. The average Bonchev–Trinajstić information content (AvgIpc) is 2.83. The number of nitrogens with zero attached hydrogens (tertiary/aromatic N) is 1. The molecule has 1 aromatic carbocycles. The van der Waals surface area contributed by atoms with E-state index in [1.807, 2.05) is 23.1 Å². The topological polar surface area (TPSA) is 41.6 Å². The van der Waals surface area contributed by atoms with E-state index in [1.165, 1.54) is 12.8 Å². The molecule has 4 heteroatoms. The number of fused-ring (bicyclic) bond motifs is 2. The van der Waals surface area contributed by atoms with Crippen molar-refractivity contribution in [3.8, 4) is 5.75 Å². The zero-order chi connectivity index (χ0) is 16.4. The molecule has 2 aliphatic heterocycles. The molecule has 3 rings (SSSR count). The molecule has 2 heterocycles. The Labute approximate surface area is 139 Å². The monoisotopic (exact) mass is 316 g/mol. The normalized spacial score (nSPS) is 24.4. The molecular weight excluding hydrogens is 288 g/mol. The van der Waals surface area contributed by atoms with Crippen LogP contribution in [0.15, 0.2) is 24.3 Å². The Morgan fingerprint density at radius 3 is 2.74 bits per heavy atom. The van der Waals surface area contributed by atoms with Gasteiger partial charge in [-0.15, -0.1) is 0 Å². The maximum atomic E-state index is 12.5. The summed E-state index contributed by atoms with van der Waals surface area (Å²) in [6.45, 7) is 8.28. The first-order valence-electron chi connectivity index (χ1n) is 8.69. The summed E-state index contributed by atoms with van der Waals surface area (Å²) in [5.41, 5.74) is 1.15. The molecule has 4 nitrogen and oxygen atoms in total. The average molecular weight is 316 g/mol. The lowest BCUT2D eigenvalue weighted by atomic mass is 9.86. The van der Waals surface area contributed by atoms with Gasteiger partial charge in [0.2, 0.25) is 0 Å². The van der Waals surface area contributed by atoms with Crippen molar-refractivity contribution in [2.24, 2.45) is 0 Å². The SMILES string of the molecule is CC(C)(C)c1ccccc1OCC(=O)N1CCC2CCC(C1)N2. The molecule has 2 saturated heterocycles. The maximum absolute atomic E-state index is 12.5. The van der Waals surface area contributed by atoms with E-state index >= 15 is 0 Å². The molecule has 2 aliphatic rings. The van der Waals surface area contributed by atoms with Gasteiger partial charge in [-0.25, -0.2) is 0 Å². The lowest BCUT2D eigenvalue weighted by Crippen LogP contribution is -2.41. The third-order valence-electron chi connectivity index (χ3n) is 4.92. The van der Waals surface area contributed by atoms with Crippen LogP contribution in [-0.2, 0) is 10.2 Å². The first kappa shape index (κ1) is 16.3. The zero-order valence-electron chi connectivity index (χ0n) is 14.5. The van der Waals surface area contributed by atoms with Gasteiger partial charge in [0, 0.05) is 25.2 Å². The summed E-state index contributed by atoms with van der Waals surface area (Å²) < 4.78 is 5.89. The minimum Gasteiger partial charge on any atom is -0.483 e. The van der Waals surface area contributed by atoms with Crippen LogP contribution < -0.4 is 10.1 Å². The zero-order valence-corrected chi connectivity index (χ0v) is 14.5. The van der Waals surface area contributed by atoms with Crippen LogP contribution >= 0.6 is 0 Å². The highest BCUT2D eigenvalue weighted by Crippen LogP contribution is 2.31. The lowest BCUT2D eigenvalue weighted by molar-refractivity contribution is -0.133. The van der Waals surface area contributed by atoms with Gasteiger partial charge in [-0.05, 0) is 36.3 Å². The standard InChI is InChI=1S/C19H28N2O2/c1-19(2,3)16-6-4-5-7-17(16)23-13-18(22)21-11-10-14-8-9-15(12-21)20-14/h4-7,14-15,20H,8-13H2,1-3H3. The van der Waals surface area contributed by atoms with Crippen molar-refractivity contribution in [2.45, 2.75) is 57.5 Å². The van der Waals surface area contributed by atoms with Crippen LogP contribution in [0.4, 0.5) is 0 Å². The summed E-state index contributed by atoms with van der Waals surface area (Å²) in [5.74, 6) is 0.922. The molecule has 0 aromatic heterocycles. The quantitative estimate of drug-likeness (QED) is 0.932. The van der Waals surface area contributed by atoms with Crippen LogP contribution in [0.25, 0.3) is 0 Å². The van der Waals surface area contributed by atoms with E-state index in [2.05, 4.69) is 32.2 Å². The van der Waals surface area contributed by atoms with E-state index in [9.17, 15) is 4.79 Å². The molecular formula is C19H28N2O2. The number of benzene rings is 1. The molecule has 126 valence electrons. The van der Waals surface area contributed by atoms with Gasteiger partial charge in [0.1, 0.15) is 5.75 Å². The van der Waals surface area contributed by atoms with Crippen molar-refractivity contribution in [1.29, 1.82) is 0 Å². The summed E-state index contributed by atoms with van der Waals surface area (Å²) in [6, 6.07) is 9.08. The first-order valence-corrected chi connectivity index (χ1v) is 8.69. The molecule has 1 aromatic rings. The second kappa shape index (κ2) is 6.52. The minimum atomic E-state index is 0.00527. The number of hydrogen-bond acceptors (Lipinski definition) is 3.